The Balaban J connectivity index is 1.91. The minimum atomic E-state index is -0.480. The molecule has 120 valence electrons. The molecule has 1 heterocycles. The van der Waals surface area contributed by atoms with E-state index in [-0.39, 0.29) is 18.0 Å². The van der Waals surface area contributed by atoms with E-state index in [0.29, 0.717) is 11.5 Å². The van der Waals surface area contributed by atoms with Gasteiger partial charge in [0.25, 0.3) is 5.91 Å². The molecule has 0 fully saturated rings. The predicted octanol–water partition coefficient (Wildman–Crippen LogP) is 1.10. The largest absolute Gasteiger partial charge is 0.493 e. The standard InChI is InChI=1S/C16H17N3O4/c1-22-13-7-6-11(9-14(13)23-2)10-15(20)18-19-16(21)12-5-3-4-8-17-12/h3-9H,10H2,1-2H3,(H,18,20)(H,19,21). The van der Waals surface area contributed by atoms with Crippen molar-refractivity contribution in [3.63, 3.8) is 0 Å². The van der Waals surface area contributed by atoms with Gasteiger partial charge >= 0.3 is 0 Å². The summed E-state index contributed by atoms with van der Waals surface area (Å²) in [5.41, 5.74) is 5.61. The van der Waals surface area contributed by atoms with Crippen LogP contribution in [0.4, 0.5) is 0 Å². The summed E-state index contributed by atoms with van der Waals surface area (Å²) < 4.78 is 10.3. The number of hydrogen-bond donors (Lipinski definition) is 2. The van der Waals surface area contributed by atoms with E-state index >= 15 is 0 Å². The zero-order chi connectivity index (χ0) is 16.7. The van der Waals surface area contributed by atoms with Gasteiger partial charge < -0.3 is 9.47 Å². The van der Waals surface area contributed by atoms with Crippen molar-refractivity contribution in [2.24, 2.45) is 0 Å². The summed E-state index contributed by atoms with van der Waals surface area (Å²) in [6, 6.07) is 10.1. The van der Waals surface area contributed by atoms with E-state index in [0.717, 1.165) is 5.56 Å². The maximum atomic E-state index is 11.9. The van der Waals surface area contributed by atoms with Gasteiger partial charge in [-0.05, 0) is 29.8 Å². The second-order valence-electron chi connectivity index (χ2n) is 4.58. The highest BCUT2D eigenvalue weighted by Gasteiger charge is 2.10. The Kier molecular flexibility index (Phi) is 5.51. The Bertz CT molecular complexity index is 689. The van der Waals surface area contributed by atoms with Crippen molar-refractivity contribution in [2.45, 2.75) is 6.42 Å². The molecular formula is C16H17N3O4. The Morgan fingerprint density at radius 1 is 1.04 bits per heavy atom. The number of carbonyl (C=O) groups excluding carboxylic acids is 2. The average Bonchev–Trinajstić information content (AvgIpc) is 2.60. The van der Waals surface area contributed by atoms with Gasteiger partial charge in [0, 0.05) is 6.20 Å². The lowest BCUT2D eigenvalue weighted by Gasteiger charge is -2.10. The number of benzene rings is 1. The number of amides is 2. The van der Waals surface area contributed by atoms with Crippen LogP contribution >= 0.6 is 0 Å². The number of nitrogens with one attached hydrogen (secondary N) is 2. The first-order valence-corrected chi connectivity index (χ1v) is 6.85. The number of carbonyl (C=O) groups is 2. The fourth-order valence-electron chi connectivity index (χ4n) is 1.91. The van der Waals surface area contributed by atoms with E-state index in [1.807, 2.05) is 0 Å². The third-order valence-corrected chi connectivity index (χ3v) is 3.03. The molecule has 0 bridgehead atoms. The van der Waals surface area contributed by atoms with Crippen molar-refractivity contribution >= 4 is 11.8 Å². The van der Waals surface area contributed by atoms with E-state index in [9.17, 15) is 9.59 Å². The SMILES string of the molecule is COc1ccc(CC(=O)NNC(=O)c2ccccn2)cc1OC. The van der Waals surface area contributed by atoms with Crippen molar-refractivity contribution in [1.82, 2.24) is 15.8 Å². The van der Waals surface area contributed by atoms with E-state index in [1.54, 1.807) is 36.4 Å². The van der Waals surface area contributed by atoms with Gasteiger partial charge in [0.15, 0.2) is 11.5 Å². The highest BCUT2D eigenvalue weighted by molar-refractivity contribution is 5.93. The third-order valence-electron chi connectivity index (χ3n) is 3.03. The summed E-state index contributed by atoms with van der Waals surface area (Å²) in [6.45, 7) is 0. The number of rotatable bonds is 5. The quantitative estimate of drug-likeness (QED) is 0.807. The number of nitrogens with zero attached hydrogens (tertiary/aromatic N) is 1. The van der Waals surface area contributed by atoms with Gasteiger partial charge in [-0.1, -0.05) is 12.1 Å². The summed E-state index contributed by atoms with van der Waals surface area (Å²) in [7, 11) is 3.06. The molecule has 2 rings (SSSR count). The van der Waals surface area contributed by atoms with Crippen LogP contribution in [0.15, 0.2) is 42.6 Å². The van der Waals surface area contributed by atoms with Crippen LogP contribution in [-0.4, -0.2) is 31.0 Å². The fourth-order valence-corrected chi connectivity index (χ4v) is 1.91. The van der Waals surface area contributed by atoms with Crippen LogP contribution in [0.3, 0.4) is 0 Å². The van der Waals surface area contributed by atoms with Crippen LogP contribution in [0.5, 0.6) is 11.5 Å². The van der Waals surface area contributed by atoms with Gasteiger partial charge in [-0.2, -0.15) is 0 Å². The molecule has 2 aromatic rings. The number of aromatic nitrogens is 1. The van der Waals surface area contributed by atoms with E-state index in [2.05, 4.69) is 15.8 Å². The Morgan fingerprint density at radius 2 is 1.83 bits per heavy atom. The molecule has 2 amide bonds. The van der Waals surface area contributed by atoms with Crippen molar-refractivity contribution in [2.75, 3.05) is 14.2 Å². The van der Waals surface area contributed by atoms with E-state index in [4.69, 9.17) is 9.47 Å². The predicted molar refractivity (Wildman–Crippen MR) is 83.1 cm³/mol. The smallest absolute Gasteiger partial charge is 0.288 e. The number of hydrogen-bond acceptors (Lipinski definition) is 5. The van der Waals surface area contributed by atoms with Crippen LogP contribution in [0.2, 0.25) is 0 Å². The molecule has 2 N–H and O–H groups in total. The van der Waals surface area contributed by atoms with E-state index < -0.39 is 5.91 Å². The van der Waals surface area contributed by atoms with Crippen molar-refractivity contribution in [3.05, 3.63) is 53.9 Å². The maximum Gasteiger partial charge on any atom is 0.288 e. The summed E-state index contributed by atoms with van der Waals surface area (Å²) in [5.74, 6) is 0.281. The third kappa shape index (κ3) is 4.44. The topological polar surface area (TPSA) is 89.6 Å². The number of ether oxygens (including phenoxy) is 2. The molecule has 0 radical (unpaired) electrons. The number of methoxy groups -OCH3 is 2. The summed E-state index contributed by atoms with van der Waals surface area (Å²) in [5, 5.41) is 0. The monoisotopic (exact) mass is 315 g/mol. The number of pyridine rings is 1. The van der Waals surface area contributed by atoms with Gasteiger partial charge in [0.1, 0.15) is 5.69 Å². The molecule has 0 aliphatic heterocycles. The van der Waals surface area contributed by atoms with Gasteiger partial charge in [-0.25, -0.2) is 0 Å². The van der Waals surface area contributed by atoms with Gasteiger partial charge in [-0.15, -0.1) is 0 Å². The molecule has 0 saturated heterocycles. The average molecular weight is 315 g/mol. The second kappa shape index (κ2) is 7.79. The maximum absolute atomic E-state index is 11.9. The molecule has 1 aromatic carbocycles. The fraction of sp³-hybridized carbons (Fsp3) is 0.188. The normalized spacial score (nSPS) is 9.83. The minimum absolute atomic E-state index is 0.0862. The van der Waals surface area contributed by atoms with Crippen LogP contribution in [0.25, 0.3) is 0 Å². The van der Waals surface area contributed by atoms with Crippen molar-refractivity contribution in [3.8, 4) is 11.5 Å². The highest BCUT2D eigenvalue weighted by Crippen LogP contribution is 2.27. The van der Waals surface area contributed by atoms with Gasteiger partial charge in [0.2, 0.25) is 5.91 Å². The first-order valence-electron chi connectivity index (χ1n) is 6.85. The van der Waals surface area contributed by atoms with Crippen molar-refractivity contribution < 1.29 is 19.1 Å². The zero-order valence-electron chi connectivity index (χ0n) is 12.8. The van der Waals surface area contributed by atoms with Crippen LogP contribution in [0, 0.1) is 0 Å². The second-order valence-corrected chi connectivity index (χ2v) is 4.58. The minimum Gasteiger partial charge on any atom is -0.493 e. The molecule has 0 saturated carbocycles. The lowest BCUT2D eigenvalue weighted by atomic mass is 10.1. The lowest BCUT2D eigenvalue weighted by Crippen LogP contribution is -2.42. The Morgan fingerprint density at radius 3 is 2.48 bits per heavy atom. The molecule has 7 heteroatoms. The van der Waals surface area contributed by atoms with Crippen LogP contribution in [0.1, 0.15) is 16.1 Å². The molecule has 0 aliphatic rings. The molecule has 0 atom stereocenters. The molecule has 7 nitrogen and oxygen atoms in total. The van der Waals surface area contributed by atoms with Crippen LogP contribution < -0.4 is 20.3 Å². The lowest BCUT2D eigenvalue weighted by molar-refractivity contribution is -0.121. The first kappa shape index (κ1) is 16.3. The van der Waals surface area contributed by atoms with Crippen LogP contribution in [-0.2, 0) is 11.2 Å². The van der Waals surface area contributed by atoms with Gasteiger partial charge in [-0.3, -0.25) is 25.4 Å². The van der Waals surface area contributed by atoms with Gasteiger partial charge in [0.05, 0.1) is 20.6 Å². The molecular weight excluding hydrogens is 298 g/mol. The Hall–Kier alpha value is -3.09. The van der Waals surface area contributed by atoms with E-state index in [1.165, 1.54) is 20.4 Å². The molecule has 1 aromatic heterocycles. The van der Waals surface area contributed by atoms with Crippen molar-refractivity contribution in [1.29, 1.82) is 0 Å². The number of hydrazine groups is 1. The summed E-state index contributed by atoms with van der Waals surface area (Å²) in [4.78, 5) is 27.5. The Labute approximate surface area is 133 Å². The molecule has 0 unspecified atom stereocenters. The zero-order valence-corrected chi connectivity index (χ0v) is 12.8. The molecule has 23 heavy (non-hydrogen) atoms. The highest BCUT2D eigenvalue weighted by atomic mass is 16.5. The summed E-state index contributed by atoms with van der Waals surface area (Å²) in [6.07, 6.45) is 1.59. The summed E-state index contributed by atoms with van der Waals surface area (Å²) >= 11 is 0. The first-order chi connectivity index (χ1) is 11.1. The molecule has 0 aliphatic carbocycles. The molecule has 0 spiro atoms.